The molecule has 3 aromatic rings. The molecule has 0 aliphatic heterocycles. The van der Waals surface area contributed by atoms with Gasteiger partial charge in [0.2, 0.25) is 11.9 Å². The predicted molar refractivity (Wildman–Crippen MR) is 183 cm³/mol. The largest absolute Gasteiger partial charge is 1.00 e. The highest BCUT2D eigenvalue weighted by atomic mass is 79.9. The van der Waals surface area contributed by atoms with E-state index in [1.807, 2.05) is 18.2 Å². The fraction of sp³-hybridized carbons (Fsp3) is 0.371. The van der Waals surface area contributed by atoms with E-state index in [0.29, 0.717) is 6.54 Å². The average molecular weight is 714 g/mol. The Balaban J connectivity index is 0.00000736. The first-order valence-electron chi connectivity index (χ1n) is 15.0. The van der Waals surface area contributed by atoms with Crippen LogP contribution in [0.3, 0.4) is 0 Å². The van der Waals surface area contributed by atoms with E-state index < -0.39 is 30.7 Å². The number of amides is 3. The number of aliphatic imine (C=N–C) groups is 1. The van der Waals surface area contributed by atoms with Gasteiger partial charge in [-0.25, -0.2) is 9.59 Å². The van der Waals surface area contributed by atoms with Crippen molar-refractivity contribution >= 4 is 47.2 Å². The Bertz CT molecular complexity index is 1350. The van der Waals surface area contributed by atoms with Gasteiger partial charge in [0.15, 0.2) is 0 Å². The highest BCUT2D eigenvalue weighted by molar-refractivity contribution is 7.95. The number of halogens is 1. The second-order valence-corrected chi connectivity index (χ2v) is 16.3. The van der Waals surface area contributed by atoms with Crippen molar-refractivity contribution in [2.24, 2.45) is 4.99 Å². The molecule has 0 fully saturated rings. The average Bonchev–Trinajstić information content (AvgIpc) is 2.96. The fourth-order valence-corrected chi connectivity index (χ4v) is 9.09. The van der Waals surface area contributed by atoms with Crippen molar-refractivity contribution in [3.63, 3.8) is 0 Å². The standard InChI is InChI=1S/C35H45N4O5P.BrH/c1-34(2,3)43-32(41)37-31(38-33(42)44-35(4,5)6)39(7)26-30(40)36-24-17-25-45(27-18-11-8-12-19-27,28-20-13-9-14-21-28)29-22-15-10-16-23-29;/h8-16,18-23H,17,24-26H2,1-7H3,(H-,36,37,38,40,41,42);1H. The van der Waals surface area contributed by atoms with Crippen molar-refractivity contribution in [2.45, 2.75) is 59.2 Å². The molecule has 0 aliphatic carbocycles. The van der Waals surface area contributed by atoms with Crippen LogP contribution >= 0.6 is 7.26 Å². The minimum Gasteiger partial charge on any atom is -1.00 e. The number of benzene rings is 3. The topological polar surface area (TPSA) is 109 Å². The summed E-state index contributed by atoms with van der Waals surface area (Å²) in [7, 11) is -0.464. The maximum absolute atomic E-state index is 13.1. The highest BCUT2D eigenvalue weighted by Crippen LogP contribution is 2.55. The minimum absolute atomic E-state index is 0. The second-order valence-electron chi connectivity index (χ2n) is 12.6. The second kappa shape index (κ2) is 17.2. The van der Waals surface area contributed by atoms with Crippen molar-refractivity contribution in [1.82, 2.24) is 15.5 Å². The number of nitrogens with zero attached hydrogens (tertiary/aromatic N) is 2. The van der Waals surface area contributed by atoms with Gasteiger partial charge in [-0.3, -0.25) is 10.1 Å². The first-order chi connectivity index (χ1) is 21.2. The number of hydrogen-bond donors (Lipinski definition) is 2. The maximum atomic E-state index is 13.1. The molecule has 0 aliphatic rings. The van der Waals surface area contributed by atoms with Crippen LogP contribution in [-0.4, -0.2) is 66.5 Å². The Morgan fingerprint density at radius 2 is 1.17 bits per heavy atom. The Morgan fingerprint density at radius 1 is 0.739 bits per heavy atom. The molecule has 0 aromatic heterocycles. The van der Waals surface area contributed by atoms with E-state index >= 15 is 0 Å². The molecule has 3 amide bonds. The van der Waals surface area contributed by atoms with Gasteiger partial charge in [-0.15, -0.1) is 4.99 Å². The zero-order chi connectivity index (χ0) is 33.1. The summed E-state index contributed by atoms with van der Waals surface area (Å²) in [4.78, 5) is 43.3. The van der Waals surface area contributed by atoms with Crippen LogP contribution in [0.15, 0.2) is 96.0 Å². The summed E-state index contributed by atoms with van der Waals surface area (Å²) in [6.45, 7) is 10.6. The smallest absolute Gasteiger partial charge is 0.437 e. The van der Waals surface area contributed by atoms with Crippen LogP contribution in [0.5, 0.6) is 0 Å². The number of alkyl carbamates (subject to hydrolysis) is 1. The molecule has 3 rings (SSSR count). The quantitative estimate of drug-likeness (QED) is 0.153. The lowest BCUT2D eigenvalue weighted by Crippen LogP contribution is -3.00. The van der Waals surface area contributed by atoms with Gasteiger partial charge in [-0.1, -0.05) is 54.6 Å². The van der Waals surface area contributed by atoms with Gasteiger partial charge in [0.05, 0.1) is 12.7 Å². The molecular weight excluding hydrogens is 667 g/mol. The van der Waals surface area contributed by atoms with Crippen LogP contribution in [0.4, 0.5) is 9.59 Å². The van der Waals surface area contributed by atoms with Crippen LogP contribution in [0.2, 0.25) is 0 Å². The number of ether oxygens (including phenoxy) is 2. The monoisotopic (exact) mass is 712 g/mol. The number of rotatable bonds is 9. The third-order valence-corrected chi connectivity index (χ3v) is 11.1. The van der Waals surface area contributed by atoms with Crippen molar-refractivity contribution in [3.8, 4) is 0 Å². The third kappa shape index (κ3) is 11.9. The van der Waals surface area contributed by atoms with Gasteiger partial charge in [0.25, 0.3) is 0 Å². The number of carbonyl (C=O) groups excluding carboxylic acids is 3. The summed E-state index contributed by atoms with van der Waals surface area (Å²) in [6, 6.07) is 31.8. The zero-order valence-electron chi connectivity index (χ0n) is 27.7. The molecule has 0 bridgehead atoms. The Kier molecular flexibility index (Phi) is 14.4. The number of guanidine groups is 1. The van der Waals surface area contributed by atoms with Gasteiger partial charge < -0.3 is 36.7 Å². The molecule has 9 nitrogen and oxygen atoms in total. The molecule has 0 saturated carbocycles. The van der Waals surface area contributed by atoms with Crippen LogP contribution in [0, 0.1) is 0 Å². The van der Waals surface area contributed by atoms with Crippen molar-refractivity contribution in [1.29, 1.82) is 0 Å². The third-order valence-electron chi connectivity index (χ3n) is 6.53. The van der Waals surface area contributed by atoms with Crippen LogP contribution in [0.1, 0.15) is 48.0 Å². The van der Waals surface area contributed by atoms with Crippen LogP contribution < -0.4 is 43.5 Å². The molecule has 0 radical (unpaired) electrons. The van der Waals surface area contributed by atoms with E-state index in [4.69, 9.17) is 9.47 Å². The van der Waals surface area contributed by atoms with E-state index in [1.165, 1.54) is 20.8 Å². The molecule has 0 saturated heterocycles. The molecule has 0 atom stereocenters. The van der Waals surface area contributed by atoms with E-state index in [2.05, 4.69) is 88.4 Å². The lowest BCUT2D eigenvalue weighted by molar-refractivity contribution is -0.121. The van der Waals surface area contributed by atoms with Gasteiger partial charge in [-0.05, 0) is 84.4 Å². The first-order valence-corrected chi connectivity index (χ1v) is 17.0. The zero-order valence-corrected chi connectivity index (χ0v) is 30.2. The Hall–Kier alpha value is -3.75. The van der Waals surface area contributed by atoms with Gasteiger partial charge in [0, 0.05) is 13.6 Å². The summed E-state index contributed by atoms with van der Waals surface area (Å²) in [5, 5.41) is 9.32. The van der Waals surface area contributed by atoms with Crippen LogP contribution in [0.25, 0.3) is 0 Å². The highest BCUT2D eigenvalue weighted by Gasteiger charge is 2.44. The molecule has 0 heterocycles. The molecule has 0 unspecified atom stereocenters. The normalized spacial score (nSPS) is 11.9. The Labute approximate surface area is 284 Å². The van der Waals surface area contributed by atoms with Crippen molar-refractivity contribution in [2.75, 3.05) is 26.3 Å². The minimum atomic E-state index is -2.02. The van der Waals surface area contributed by atoms with Crippen LogP contribution in [-0.2, 0) is 14.3 Å². The maximum Gasteiger partial charge on any atom is 0.437 e. The molecule has 3 aromatic carbocycles. The van der Waals surface area contributed by atoms with Crippen molar-refractivity contribution < 1.29 is 40.8 Å². The molecule has 2 N–H and O–H groups in total. The summed E-state index contributed by atoms with van der Waals surface area (Å²) in [5.41, 5.74) is -1.56. The summed E-state index contributed by atoms with van der Waals surface area (Å²) in [6.07, 6.45) is -0.118. The molecule has 46 heavy (non-hydrogen) atoms. The van der Waals surface area contributed by atoms with Gasteiger partial charge in [-0.2, -0.15) is 0 Å². The van der Waals surface area contributed by atoms with Crippen molar-refractivity contribution in [3.05, 3.63) is 91.0 Å². The van der Waals surface area contributed by atoms with Gasteiger partial charge >= 0.3 is 12.2 Å². The van der Waals surface area contributed by atoms with E-state index in [1.54, 1.807) is 48.6 Å². The molecular formula is C35H46BrN4O5P. The number of carbonyl (C=O) groups is 3. The summed E-state index contributed by atoms with van der Waals surface area (Å²) >= 11 is 0. The van der Waals surface area contributed by atoms with Gasteiger partial charge in [0.1, 0.15) is 34.4 Å². The SMILES string of the molecule is CN(CC(=O)NCCC[P+](c1ccccc1)(c1ccccc1)c1ccccc1)C(=NC(=O)OC(C)(C)C)NC(=O)OC(C)(C)C.[Br-]. The molecule has 11 heteroatoms. The number of likely N-dealkylation sites (N-methyl/N-ethyl adjacent to an activating group) is 1. The number of nitrogens with one attached hydrogen (secondary N) is 2. The lowest BCUT2D eigenvalue weighted by atomic mass is 10.2. The van der Waals surface area contributed by atoms with E-state index in [-0.39, 0.29) is 35.4 Å². The Morgan fingerprint density at radius 3 is 1.59 bits per heavy atom. The molecule has 248 valence electrons. The lowest BCUT2D eigenvalue weighted by Gasteiger charge is -2.28. The first kappa shape index (κ1) is 38.4. The van der Waals surface area contributed by atoms with E-state index in [0.717, 1.165) is 12.6 Å². The predicted octanol–water partition coefficient (Wildman–Crippen LogP) is 2.24. The summed E-state index contributed by atoms with van der Waals surface area (Å²) < 4.78 is 10.6. The number of hydrogen-bond acceptors (Lipinski definition) is 5. The fourth-order valence-electron chi connectivity index (χ4n) is 4.75. The van der Waals surface area contributed by atoms with E-state index in [9.17, 15) is 14.4 Å². The summed E-state index contributed by atoms with van der Waals surface area (Å²) in [5.74, 6) is -0.445. The molecule has 0 spiro atoms.